The summed E-state index contributed by atoms with van der Waals surface area (Å²) in [6.45, 7) is 2.01. The molecule has 4 aromatic rings. The summed E-state index contributed by atoms with van der Waals surface area (Å²) in [7, 11) is -3.26. The van der Waals surface area contributed by atoms with Gasteiger partial charge in [-0.3, -0.25) is 0 Å². The van der Waals surface area contributed by atoms with Crippen LogP contribution in [-0.2, 0) is 9.84 Å². The van der Waals surface area contributed by atoms with Crippen molar-refractivity contribution in [3.05, 3.63) is 66.4 Å². The highest BCUT2D eigenvalue weighted by Gasteiger charge is 2.14. The van der Waals surface area contributed by atoms with Gasteiger partial charge >= 0.3 is 0 Å². The van der Waals surface area contributed by atoms with Crippen LogP contribution in [0.1, 0.15) is 5.56 Å². The molecule has 0 aliphatic carbocycles. The Labute approximate surface area is 168 Å². The fourth-order valence-electron chi connectivity index (χ4n) is 3.11. The molecule has 146 valence electrons. The van der Waals surface area contributed by atoms with Crippen LogP contribution in [0, 0.1) is 6.92 Å². The van der Waals surface area contributed by atoms with Crippen molar-refractivity contribution in [1.82, 2.24) is 15.0 Å². The van der Waals surface area contributed by atoms with Crippen molar-refractivity contribution < 1.29 is 8.42 Å². The first-order valence-corrected chi connectivity index (χ1v) is 10.8. The molecule has 8 heteroatoms. The second-order valence-electron chi connectivity index (χ2n) is 6.74. The van der Waals surface area contributed by atoms with Gasteiger partial charge in [-0.05, 0) is 30.7 Å². The van der Waals surface area contributed by atoms with Gasteiger partial charge in [-0.1, -0.05) is 36.4 Å². The van der Waals surface area contributed by atoms with Crippen molar-refractivity contribution >= 4 is 26.6 Å². The molecule has 0 fully saturated rings. The molecule has 0 saturated heterocycles. The normalized spacial score (nSPS) is 11.6. The number of hydrogen-bond donors (Lipinski definition) is 2. The molecule has 29 heavy (non-hydrogen) atoms. The summed E-state index contributed by atoms with van der Waals surface area (Å²) in [5.74, 6) is 6.04. The molecule has 7 nitrogen and oxygen atoms in total. The molecule has 2 aromatic heterocycles. The number of nitrogens with zero attached hydrogens (tertiary/aromatic N) is 3. The average molecular weight is 405 g/mol. The third-order valence-corrected chi connectivity index (χ3v) is 5.78. The van der Waals surface area contributed by atoms with Crippen molar-refractivity contribution in [1.29, 1.82) is 0 Å². The van der Waals surface area contributed by atoms with Crippen molar-refractivity contribution in [3.8, 4) is 22.6 Å². The van der Waals surface area contributed by atoms with E-state index in [1.807, 2.05) is 37.3 Å². The van der Waals surface area contributed by atoms with E-state index in [1.54, 1.807) is 30.5 Å². The van der Waals surface area contributed by atoms with Gasteiger partial charge in [-0.15, -0.1) is 0 Å². The Hall–Kier alpha value is -3.36. The van der Waals surface area contributed by atoms with E-state index in [-0.39, 0.29) is 4.90 Å². The standard InChI is InChI=1S/C21H19N5O2S/c1-13-4-3-5-15-8-11-17(24-19(13)15)20-21(26-22)23-12-18(25-20)14-6-9-16(10-7-14)29(2,27)28/h3-12H,22H2,1-2H3,(H,23,26). The lowest BCUT2D eigenvalue weighted by atomic mass is 10.1. The smallest absolute Gasteiger partial charge is 0.175 e. The number of hydrazine groups is 1. The lowest BCUT2D eigenvalue weighted by Crippen LogP contribution is -2.11. The summed E-state index contributed by atoms with van der Waals surface area (Å²) in [5.41, 5.74) is 7.01. The molecule has 0 aliphatic rings. The minimum absolute atomic E-state index is 0.251. The SMILES string of the molecule is Cc1cccc2ccc(-c3nc(-c4ccc(S(C)(=O)=O)cc4)cnc3NN)nc12. The Morgan fingerprint density at radius 3 is 2.38 bits per heavy atom. The van der Waals surface area contributed by atoms with Gasteiger partial charge in [0.2, 0.25) is 0 Å². The first-order valence-electron chi connectivity index (χ1n) is 8.88. The summed E-state index contributed by atoms with van der Waals surface area (Å²) < 4.78 is 23.4. The molecule has 2 aromatic carbocycles. The van der Waals surface area contributed by atoms with E-state index in [1.165, 1.54) is 6.26 Å². The predicted octanol–water partition coefficient (Wildman–Crippen LogP) is 3.36. The highest BCUT2D eigenvalue weighted by Crippen LogP contribution is 2.28. The van der Waals surface area contributed by atoms with E-state index in [0.717, 1.165) is 22.0 Å². The number of aryl methyl sites for hydroxylation is 1. The summed E-state index contributed by atoms with van der Waals surface area (Å²) >= 11 is 0. The highest BCUT2D eigenvalue weighted by atomic mass is 32.2. The molecule has 4 rings (SSSR count). The van der Waals surface area contributed by atoms with Crippen LogP contribution < -0.4 is 11.3 Å². The van der Waals surface area contributed by atoms with E-state index in [0.29, 0.717) is 22.9 Å². The number of nitrogens with one attached hydrogen (secondary N) is 1. The Kier molecular flexibility index (Phi) is 4.73. The number of fused-ring (bicyclic) bond motifs is 1. The maximum absolute atomic E-state index is 11.7. The van der Waals surface area contributed by atoms with Crippen LogP contribution in [0.25, 0.3) is 33.5 Å². The van der Waals surface area contributed by atoms with Crippen LogP contribution in [0.15, 0.2) is 65.7 Å². The van der Waals surface area contributed by atoms with Crippen LogP contribution in [0.2, 0.25) is 0 Å². The molecular weight excluding hydrogens is 386 g/mol. The molecule has 0 bridgehead atoms. The van der Waals surface area contributed by atoms with Crippen molar-refractivity contribution in [2.24, 2.45) is 5.84 Å². The van der Waals surface area contributed by atoms with Crippen LogP contribution in [0.3, 0.4) is 0 Å². The molecule has 3 N–H and O–H groups in total. The number of anilines is 1. The van der Waals surface area contributed by atoms with E-state index in [9.17, 15) is 8.42 Å². The maximum atomic E-state index is 11.7. The second-order valence-corrected chi connectivity index (χ2v) is 8.75. The van der Waals surface area contributed by atoms with Gasteiger partial charge in [-0.2, -0.15) is 0 Å². The summed E-state index contributed by atoms with van der Waals surface area (Å²) in [4.78, 5) is 14.1. The fourth-order valence-corrected chi connectivity index (χ4v) is 3.74. The topological polar surface area (TPSA) is 111 Å². The fraction of sp³-hybridized carbons (Fsp3) is 0.0952. The lowest BCUT2D eigenvalue weighted by Gasteiger charge is -2.11. The monoisotopic (exact) mass is 405 g/mol. The second kappa shape index (κ2) is 7.23. The van der Waals surface area contributed by atoms with Crippen LogP contribution in [0.4, 0.5) is 5.82 Å². The van der Waals surface area contributed by atoms with Gasteiger partial charge < -0.3 is 5.43 Å². The number of para-hydroxylation sites is 1. The van der Waals surface area contributed by atoms with Crippen molar-refractivity contribution in [2.75, 3.05) is 11.7 Å². The van der Waals surface area contributed by atoms with E-state index < -0.39 is 9.84 Å². The largest absolute Gasteiger partial charge is 0.307 e. The summed E-state index contributed by atoms with van der Waals surface area (Å²) in [5, 5.41) is 1.04. The molecular formula is C21H19N5O2S. The van der Waals surface area contributed by atoms with Gasteiger partial charge in [0, 0.05) is 17.2 Å². The number of pyridine rings is 1. The minimum Gasteiger partial charge on any atom is -0.307 e. The minimum atomic E-state index is -3.26. The first kappa shape index (κ1) is 19.0. The molecule has 0 atom stereocenters. The molecule has 0 saturated carbocycles. The van der Waals surface area contributed by atoms with Crippen molar-refractivity contribution in [2.45, 2.75) is 11.8 Å². The average Bonchev–Trinajstić information content (AvgIpc) is 2.73. The van der Waals surface area contributed by atoms with E-state index in [2.05, 4.69) is 10.4 Å². The summed E-state index contributed by atoms with van der Waals surface area (Å²) in [6, 6.07) is 16.4. The molecule has 0 amide bonds. The van der Waals surface area contributed by atoms with Crippen molar-refractivity contribution in [3.63, 3.8) is 0 Å². The van der Waals surface area contributed by atoms with Crippen LogP contribution in [-0.4, -0.2) is 29.6 Å². The van der Waals surface area contributed by atoms with Gasteiger partial charge in [0.15, 0.2) is 15.7 Å². The van der Waals surface area contributed by atoms with Crippen LogP contribution >= 0.6 is 0 Å². The number of rotatable bonds is 4. The molecule has 2 heterocycles. The van der Waals surface area contributed by atoms with Crippen LogP contribution in [0.5, 0.6) is 0 Å². The zero-order valence-electron chi connectivity index (χ0n) is 15.9. The third-order valence-electron chi connectivity index (χ3n) is 4.65. The zero-order chi connectivity index (χ0) is 20.6. The van der Waals surface area contributed by atoms with E-state index in [4.69, 9.17) is 15.8 Å². The number of hydrogen-bond acceptors (Lipinski definition) is 7. The first-order chi connectivity index (χ1) is 13.9. The zero-order valence-corrected chi connectivity index (χ0v) is 16.7. The highest BCUT2D eigenvalue weighted by molar-refractivity contribution is 7.90. The van der Waals surface area contributed by atoms with Gasteiger partial charge in [0.05, 0.1) is 28.0 Å². The molecule has 0 aliphatic heterocycles. The Morgan fingerprint density at radius 2 is 1.69 bits per heavy atom. The quantitative estimate of drug-likeness (QED) is 0.395. The number of nitrogen functional groups attached to an aromatic ring is 1. The molecule has 0 spiro atoms. The Bertz CT molecular complexity index is 1320. The number of aromatic nitrogens is 3. The summed E-state index contributed by atoms with van der Waals surface area (Å²) in [6.07, 6.45) is 2.76. The van der Waals surface area contributed by atoms with E-state index >= 15 is 0 Å². The van der Waals surface area contributed by atoms with Gasteiger partial charge in [-0.25, -0.2) is 29.2 Å². The van der Waals surface area contributed by atoms with Gasteiger partial charge in [0.25, 0.3) is 0 Å². The number of nitrogens with two attached hydrogens (primary N) is 1. The molecule has 0 radical (unpaired) electrons. The Morgan fingerprint density at radius 1 is 0.931 bits per heavy atom. The maximum Gasteiger partial charge on any atom is 0.175 e. The Balaban J connectivity index is 1.83. The molecule has 0 unspecified atom stereocenters. The lowest BCUT2D eigenvalue weighted by molar-refractivity contribution is 0.602. The number of sulfone groups is 1. The number of benzene rings is 2. The third kappa shape index (κ3) is 3.67. The van der Waals surface area contributed by atoms with Gasteiger partial charge in [0.1, 0.15) is 5.69 Å². The predicted molar refractivity (Wildman–Crippen MR) is 114 cm³/mol.